The number of carbonyl (C=O) groups excluding carboxylic acids is 1. The van der Waals surface area contributed by atoms with E-state index in [4.69, 9.17) is 9.47 Å². The molecule has 1 N–H and O–H groups in total. The molecule has 1 amide bonds. The van der Waals surface area contributed by atoms with Crippen LogP contribution in [0.4, 0.5) is 11.4 Å². The number of hydrogen-bond donors (Lipinski definition) is 1. The molecule has 0 atom stereocenters. The molecule has 0 fully saturated rings. The number of fused-ring (bicyclic) bond motifs is 1. The Morgan fingerprint density at radius 1 is 0.875 bits per heavy atom. The number of hydrogen-bond acceptors (Lipinski definition) is 5. The summed E-state index contributed by atoms with van der Waals surface area (Å²) in [6, 6.07) is 18.6. The topological polar surface area (TPSA) is 84.9 Å². The molecule has 166 valence electrons. The van der Waals surface area contributed by atoms with Crippen molar-refractivity contribution in [2.45, 2.75) is 18.7 Å². The molecule has 1 aliphatic rings. The lowest BCUT2D eigenvalue weighted by Gasteiger charge is -2.24. The van der Waals surface area contributed by atoms with Gasteiger partial charge in [-0.05, 0) is 50.2 Å². The summed E-state index contributed by atoms with van der Waals surface area (Å²) in [5.74, 6) is 0.673. The molecule has 0 saturated carbocycles. The number of benzene rings is 3. The van der Waals surface area contributed by atoms with Crippen molar-refractivity contribution in [2.24, 2.45) is 0 Å². The van der Waals surface area contributed by atoms with Crippen molar-refractivity contribution >= 4 is 27.3 Å². The minimum absolute atomic E-state index is 0.121. The van der Waals surface area contributed by atoms with E-state index >= 15 is 0 Å². The lowest BCUT2D eigenvalue weighted by molar-refractivity contribution is -0.114. The second-order valence-corrected chi connectivity index (χ2v) is 9.43. The second kappa shape index (κ2) is 8.92. The Morgan fingerprint density at radius 3 is 2.12 bits per heavy atom. The molecule has 0 aliphatic carbocycles. The number of nitrogens with one attached hydrogen (secondary N) is 1. The van der Waals surface area contributed by atoms with Crippen LogP contribution in [0.3, 0.4) is 0 Å². The van der Waals surface area contributed by atoms with Gasteiger partial charge in [-0.1, -0.05) is 35.4 Å². The lowest BCUT2D eigenvalue weighted by atomic mass is 10.2. The summed E-state index contributed by atoms with van der Waals surface area (Å²) in [5.41, 5.74) is 2.84. The van der Waals surface area contributed by atoms with E-state index in [0.717, 1.165) is 15.4 Å². The number of sulfonamides is 1. The van der Waals surface area contributed by atoms with Crippen LogP contribution >= 0.6 is 0 Å². The molecule has 1 heterocycles. The SMILES string of the molecule is Cc1ccc(N(CC(=O)Nc2ccc3c(c2)OCCO3)S(=O)(=O)c2ccc(C)cc2)cc1. The molecule has 4 rings (SSSR count). The molecule has 8 heteroatoms. The Morgan fingerprint density at radius 2 is 1.47 bits per heavy atom. The number of anilines is 2. The summed E-state index contributed by atoms with van der Waals surface area (Å²) in [6.45, 7) is 4.32. The van der Waals surface area contributed by atoms with Gasteiger partial charge in [0, 0.05) is 11.8 Å². The van der Waals surface area contributed by atoms with Gasteiger partial charge in [0.2, 0.25) is 5.91 Å². The fourth-order valence-corrected chi connectivity index (χ4v) is 4.74. The average molecular weight is 453 g/mol. The molecule has 0 bridgehead atoms. The Hall–Kier alpha value is -3.52. The molecule has 32 heavy (non-hydrogen) atoms. The van der Waals surface area contributed by atoms with Crippen LogP contribution in [0.2, 0.25) is 0 Å². The molecule has 7 nitrogen and oxygen atoms in total. The Labute approximate surface area is 187 Å². The normalized spacial score (nSPS) is 12.8. The summed E-state index contributed by atoms with van der Waals surface area (Å²) >= 11 is 0. The average Bonchev–Trinajstić information content (AvgIpc) is 2.78. The van der Waals surface area contributed by atoms with Crippen LogP contribution in [0.25, 0.3) is 0 Å². The monoisotopic (exact) mass is 452 g/mol. The molecule has 0 spiro atoms. The highest BCUT2D eigenvalue weighted by molar-refractivity contribution is 7.92. The van der Waals surface area contributed by atoms with Crippen molar-refractivity contribution in [2.75, 3.05) is 29.4 Å². The number of amides is 1. The molecular weight excluding hydrogens is 428 g/mol. The van der Waals surface area contributed by atoms with E-state index in [0.29, 0.717) is 36.1 Å². The number of carbonyl (C=O) groups is 1. The van der Waals surface area contributed by atoms with Crippen LogP contribution in [-0.4, -0.2) is 34.1 Å². The largest absolute Gasteiger partial charge is 0.486 e. The van der Waals surface area contributed by atoms with Gasteiger partial charge < -0.3 is 14.8 Å². The first-order chi connectivity index (χ1) is 15.3. The van der Waals surface area contributed by atoms with E-state index in [9.17, 15) is 13.2 Å². The number of rotatable bonds is 6. The molecule has 1 aliphatic heterocycles. The van der Waals surface area contributed by atoms with Gasteiger partial charge in [0.1, 0.15) is 19.8 Å². The fourth-order valence-electron chi connectivity index (χ4n) is 3.32. The van der Waals surface area contributed by atoms with Crippen molar-refractivity contribution in [3.63, 3.8) is 0 Å². The molecule has 0 unspecified atom stereocenters. The number of nitrogens with zero attached hydrogens (tertiary/aromatic N) is 1. The van der Waals surface area contributed by atoms with E-state index in [1.54, 1.807) is 54.6 Å². The van der Waals surface area contributed by atoms with Crippen molar-refractivity contribution in [3.8, 4) is 11.5 Å². The smallest absolute Gasteiger partial charge is 0.264 e. The van der Waals surface area contributed by atoms with Gasteiger partial charge in [-0.2, -0.15) is 0 Å². The highest BCUT2D eigenvalue weighted by Gasteiger charge is 2.27. The van der Waals surface area contributed by atoms with Crippen LogP contribution in [0, 0.1) is 13.8 Å². The Bertz CT molecular complexity index is 1220. The predicted octanol–water partition coefficient (Wildman–Crippen LogP) is 3.91. The van der Waals surface area contributed by atoms with E-state index in [2.05, 4.69) is 5.32 Å². The fraction of sp³-hybridized carbons (Fsp3) is 0.208. The molecule has 0 saturated heterocycles. The van der Waals surface area contributed by atoms with Gasteiger partial charge in [-0.25, -0.2) is 8.42 Å². The summed E-state index contributed by atoms with van der Waals surface area (Å²) < 4.78 is 39.0. The maximum absolute atomic E-state index is 13.4. The van der Waals surface area contributed by atoms with E-state index in [1.165, 1.54) is 0 Å². The first-order valence-corrected chi connectivity index (χ1v) is 11.6. The summed E-state index contributed by atoms with van der Waals surface area (Å²) in [5, 5.41) is 2.76. The van der Waals surface area contributed by atoms with Crippen LogP contribution in [0.5, 0.6) is 11.5 Å². The van der Waals surface area contributed by atoms with Gasteiger partial charge in [0.15, 0.2) is 11.5 Å². The van der Waals surface area contributed by atoms with E-state index < -0.39 is 15.9 Å². The number of aryl methyl sites for hydroxylation is 2. The van der Waals surface area contributed by atoms with Crippen molar-refractivity contribution < 1.29 is 22.7 Å². The van der Waals surface area contributed by atoms with Crippen LogP contribution in [0.1, 0.15) is 11.1 Å². The minimum Gasteiger partial charge on any atom is -0.486 e. The maximum atomic E-state index is 13.4. The zero-order valence-electron chi connectivity index (χ0n) is 17.9. The van der Waals surface area contributed by atoms with Crippen molar-refractivity contribution in [3.05, 3.63) is 77.9 Å². The first kappa shape index (κ1) is 21.7. The highest BCUT2D eigenvalue weighted by Crippen LogP contribution is 2.32. The number of ether oxygens (including phenoxy) is 2. The second-order valence-electron chi connectivity index (χ2n) is 7.57. The molecule has 3 aromatic carbocycles. The summed E-state index contributed by atoms with van der Waals surface area (Å²) in [4.78, 5) is 13.0. The van der Waals surface area contributed by atoms with Crippen molar-refractivity contribution in [1.82, 2.24) is 0 Å². The van der Waals surface area contributed by atoms with Crippen LogP contribution in [-0.2, 0) is 14.8 Å². The predicted molar refractivity (Wildman–Crippen MR) is 123 cm³/mol. The minimum atomic E-state index is -3.96. The van der Waals surface area contributed by atoms with E-state index in [-0.39, 0.29) is 11.4 Å². The van der Waals surface area contributed by atoms with Gasteiger partial charge >= 0.3 is 0 Å². The van der Waals surface area contributed by atoms with Gasteiger partial charge in [0.05, 0.1) is 10.6 Å². The standard InChI is InChI=1S/C24H24N2O5S/c1-17-3-8-20(9-4-17)26(32(28,29)21-10-5-18(2)6-11-21)16-24(27)25-19-7-12-22-23(15-19)31-14-13-30-22/h3-12,15H,13-14,16H2,1-2H3,(H,25,27). The Kier molecular flexibility index (Phi) is 6.05. The molecular formula is C24H24N2O5S. The van der Waals surface area contributed by atoms with Crippen molar-refractivity contribution in [1.29, 1.82) is 0 Å². The van der Waals surface area contributed by atoms with Crippen LogP contribution < -0.4 is 19.1 Å². The Balaban J connectivity index is 1.61. The third-order valence-electron chi connectivity index (χ3n) is 5.04. The third kappa shape index (κ3) is 4.70. The highest BCUT2D eigenvalue weighted by atomic mass is 32.2. The maximum Gasteiger partial charge on any atom is 0.264 e. The summed E-state index contributed by atoms with van der Waals surface area (Å²) in [7, 11) is -3.96. The van der Waals surface area contributed by atoms with Gasteiger partial charge in [0.25, 0.3) is 10.0 Å². The molecule has 0 aromatic heterocycles. The lowest BCUT2D eigenvalue weighted by Crippen LogP contribution is -2.38. The van der Waals surface area contributed by atoms with Crippen LogP contribution in [0.15, 0.2) is 71.6 Å². The van der Waals surface area contributed by atoms with Gasteiger partial charge in [-0.15, -0.1) is 0 Å². The zero-order valence-corrected chi connectivity index (χ0v) is 18.7. The third-order valence-corrected chi connectivity index (χ3v) is 6.83. The molecule has 0 radical (unpaired) electrons. The van der Waals surface area contributed by atoms with E-state index in [1.807, 2.05) is 26.0 Å². The quantitative estimate of drug-likeness (QED) is 0.613. The molecule has 3 aromatic rings. The first-order valence-electron chi connectivity index (χ1n) is 10.2. The zero-order chi connectivity index (χ0) is 22.7. The summed E-state index contributed by atoms with van der Waals surface area (Å²) in [6.07, 6.45) is 0. The van der Waals surface area contributed by atoms with Gasteiger partial charge in [-0.3, -0.25) is 9.10 Å².